The number of hydrogen-bond donors (Lipinski definition) is 1. The van der Waals surface area contributed by atoms with Gasteiger partial charge in [-0.25, -0.2) is 0 Å². The summed E-state index contributed by atoms with van der Waals surface area (Å²) in [6.45, 7) is 6.00. The number of rotatable bonds is 5. The summed E-state index contributed by atoms with van der Waals surface area (Å²) >= 11 is 0. The van der Waals surface area contributed by atoms with Crippen molar-refractivity contribution >= 4 is 5.91 Å². The molecule has 1 aromatic carbocycles. The zero-order valence-electron chi connectivity index (χ0n) is 20.3. The first-order valence-corrected chi connectivity index (χ1v) is 13.1. The number of piperazine rings is 1. The second-order valence-corrected chi connectivity index (χ2v) is 10.1. The van der Waals surface area contributed by atoms with Crippen LogP contribution in [0, 0.1) is 0 Å². The summed E-state index contributed by atoms with van der Waals surface area (Å²) in [6.07, 6.45) is 9.16. The Bertz CT molecular complexity index is 1170. The molecule has 4 heterocycles. The number of nitrogens with one attached hydrogen (secondary N) is 1. The van der Waals surface area contributed by atoms with Crippen LogP contribution in [0.4, 0.5) is 0 Å². The van der Waals surface area contributed by atoms with E-state index < -0.39 is 0 Å². The molecule has 3 aliphatic rings. The molecule has 2 fully saturated rings. The van der Waals surface area contributed by atoms with Crippen LogP contribution in [0.3, 0.4) is 0 Å². The molecular formula is C29H34N4O2. The van der Waals surface area contributed by atoms with Crippen molar-refractivity contribution in [3.05, 3.63) is 65.7 Å². The number of aromatic nitrogens is 1. The van der Waals surface area contributed by atoms with Crippen molar-refractivity contribution in [2.24, 2.45) is 0 Å². The van der Waals surface area contributed by atoms with Gasteiger partial charge in [-0.05, 0) is 73.1 Å². The topological polar surface area (TPSA) is 61.6 Å². The summed E-state index contributed by atoms with van der Waals surface area (Å²) < 4.78 is 6.63. The highest BCUT2D eigenvalue weighted by Gasteiger charge is 2.28. The molecule has 2 aliphatic heterocycles. The minimum atomic E-state index is 0.265. The lowest BCUT2D eigenvalue weighted by atomic mass is 9.93. The van der Waals surface area contributed by atoms with E-state index in [9.17, 15) is 4.79 Å². The monoisotopic (exact) mass is 470 g/mol. The van der Waals surface area contributed by atoms with Gasteiger partial charge in [0.2, 0.25) is 5.91 Å². The third-order valence-electron chi connectivity index (χ3n) is 7.92. The second-order valence-electron chi connectivity index (χ2n) is 10.1. The predicted octanol–water partition coefficient (Wildman–Crippen LogP) is 4.11. The first-order chi connectivity index (χ1) is 17.2. The number of fused-ring (bicyclic) bond motifs is 1. The van der Waals surface area contributed by atoms with Gasteiger partial charge in [0, 0.05) is 68.7 Å². The molecule has 6 heteroatoms. The minimum absolute atomic E-state index is 0.265. The number of hydrogen-bond acceptors (Lipinski definition) is 5. The largest absolute Gasteiger partial charge is 0.460 e. The Morgan fingerprint density at radius 1 is 0.943 bits per heavy atom. The van der Waals surface area contributed by atoms with Gasteiger partial charge in [-0.2, -0.15) is 0 Å². The van der Waals surface area contributed by atoms with Crippen LogP contribution >= 0.6 is 0 Å². The first-order valence-electron chi connectivity index (χ1n) is 13.1. The zero-order valence-corrected chi connectivity index (χ0v) is 20.3. The minimum Gasteiger partial charge on any atom is -0.460 e. The van der Waals surface area contributed by atoms with E-state index in [1.54, 1.807) is 0 Å². The molecule has 0 atom stereocenters. The smallest absolute Gasteiger partial charge is 0.236 e. The summed E-state index contributed by atoms with van der Waals surface area (Å²) in [5.74, 6) is 2.60. The fraction of sp³-hybridized carbons (Fsp3) is 0.448. The average molecular weight is 471 g/mol. The lowest BCUT2D eigenvalue weighted by Crippen LogP contribution is -2.49. The Labute approximate surface area is 207 Å². The number of piperidine rings is 1. The molecule has 0 radical (unpaired) electrons. The van der Waals surface area contributed by atoms with E-state index in [4.69, 9.17) is 4.42 Å². The number of nitrogens with zero attached hydrogens (tertiary/aromatic N) is 3. The molecular weight excluding hydrogens is 436 g/mol. The van der Waals surface area contributed by atoms with Gasteiger partial charge in [-0.1, -0.05) is 12.1 Å². The van der Waals surface area contributed by atoms with Crippen molar-refractivity contribution in [1.82, 2.24) is 20.1 Å². The maximum atomic E-state index is 12.9. The Hall–Kier alpha value is -2.96. The van der Waals surface area contributed by atoms with Gasteiger partial charge in [0.05, 0.1) is 6.54 Å². The number of aryl methyl sites for hydroxylation is 2. The second kappa shape index (κ2) is 9.96. The third-order valence-corrected chi connectivity index (χ3v) is 7.92. The number of pyridine rings is 1. The summed E-state index contributed by atoms with van der Waals surface area (Å²) in [4.78, 5) is 21.4. The molecule has 3 aromatic rings. The third kappa shape index (κ3) is 4.78. The van der Waals surface area contributed by atoms with Gasteiger partial charge >= 0.3 is 0 Å². The molecule has 182 valence electrons. The number of benzene rings is 1. The highest BCUT2D eigenvalue weighted by atomic mass is 16.3. The lowest BCUT2D eigenvalue weighted by molar-refractivity contribution is -0.133. The van der Waals surface area contributed by atoms with Crippen LogP contribution in [-0.4, -0.2) is 66.5 Å². The Balaban J connectivity index is 1.21. The van der Waals surface area contributed by atoms with Crippen molar-refractivity contribution in [3.63, 3.8) is 0 Å². The molecule has 2 aromatic heterocycles. The molecule has 0 spiro atoms. The van der Waals surface area contributed by atoms with E-state index >= 15 is 0 Å². The van der Waals surface area contributed by atoms with Crippen LogP contribution in [0.15, 0.2) is 53.2 Å². The number of furan rings is 1. The average Bonchev–Trinajstić information content (AvgIpc) is 3.57. The highest BCUT2D eigenvalue weighted by molar-refractivity contribution is 5.81. The number of carbonyl (C=O) groups is 1. The molecule has 0 saturated carbocycles. The zero-order chi connectivity index (χ0) is 23.6. The molecule has 1 N–H and O–H groups in total. The standard InChI is InChI=1S/C29H34N4O2/c34-28(20-32-16-12-31-13-17-32)33-14-8-23(9-15-33)27-19-26(22-6-10-30-11-7-22)29(35-27)25-5-4-21-2-1-3-24(21)18-25/h4-7,10-11,18-19,23,31H,1-3,8-9,12-17,20H2. The molecule has 1 aliphatic carbocycles. The van der Waals surface area contributed by atoms with Crippen molar-refractivity contribution in [3.8, 4) is 22.5 Å². The summed E-state index contributed by atoms with van der Waals surface area (Å²) in [5, 5.41) is 3.35. The normalized spacial score (nSPS) is 19.1. The van der Waals surface area contributed by atoms with Gasteiger partial charge in [0.25, 0.3) is 0 Å². The van der Waals surface area contributed by atoms with Gasteiger partial charge in [0.1, 0.15) is 11.5 Å². The Morgan fingerprint density at radius 3 is 2.51 bits per heavy atom. The van der Waals surface area contributed by atoms with Crippen molar-refractivity contribution < 1.29 is 9.21 Å². The quantitative estimate of drug-likeness (QED) is 0.608. The van der Waals surface area contributed by atoms with Gasteiger partial charge in [-0.15, -0.1) is 0 Å². The van der Waals surface area contributed by atoms with E-state index in [0.717, 1.165) is 86.7 Å². The number of carbonyl (C=O) groups excluding carboxylic acids is 1. The fourth-order valence-electron chi connectivity index (χ4n) is 5.86. The lowest BCUT2D eigenvalue weighted by Gasteiger charge is -2.34. The van der Waals surface area contributed by atoms with E-state index in [2.05, 4.69) is 51.6 Å². The molecule has 0 bridgehead atoms. The molecule has 0 unspecified atom stereocenters. The van der Waals surface area contributed by atoms with Crippen LogP contribution < -0.4 is 5.32 Å². The van der Waals surface area contributed by atoms with E-state index in [1.165, 1.54) is 24.0 Å². The molecule has 6 nitrogen and oxygen atoms in total. The number of amides is 1. The van der Waals surface area contributed by atoms with Gasteiger partial charge in [0.15, 0.2) is 0 Å². The van der Waals surface area contributed by atoms with E-state index in [1.807, 2.05) is 17.3 Å². The summed E-state index contributed by atoms with van der Waals surface area (Å²) in [6, 6.07) is 13.2. The highest BCUT2D eigenvalue weighted by Crippen LogP contribution is 2.41. The van der Waals surface area contributed by atoms with Crippen LogP contribution in [-0.2, 0) is 17.6 Å². The predicted molar refractivity (Wildman–Crippen MR) is 137 cm³/mol. The molecule has 2 saturated heterocycles. The van der Waals surface area contributed by atoms with Crippen LogP contribution in [0.1, 0.15) is 42.1 Å². The van der Waals surface area contributed by atoms with Gasteiger partial charge in [-0.3, -0.25) is 14.7 Å². The van der Waals surface area contributed by atoms with Gasteiger partial charge < -0.3 is 14.6 Å². The summed E-state index contributed by atoms with van der Waals surface area (Å²) in [7, 11) is 0. The Morgan fingerprint density at radius 2 is 1.71 bits per heavy atom. The fourth-order valence-corrected chi connectivity index (χ4v) is 5.86. The van der Waals surface area contributed by atoms with E-state index in [0.29, 0.717) is 12.5 Å². The molecule has 1 amide bonds. The SMILES string of the molecule is O=C(CN1CCNCC1)N1CCC(c2cc(-c3ccncc3)c(-c3ccc4c(c3)CCC4)o2)CC1. The summed E-state index contributed by atoms with van der Waals surface area (Å²) in [5.41, 5.74) is 6.36. The van der Waals surface area contributed by atoms with Crippen LogP contribution in [0.2, 0.25) is 0 Å². The Kier molecular flexibility index (Phi) is 6.40. The molecule has 6 rings (SSSR count). The maximum absolute atomic E-state index is 12.9. The van der Waals surface area contributed by atoms with Crippen LogP contribution in [0.25, 0.3) is 22.5 Å². The van der Waals surface area contributed by atoms with Crippen molar-refractivity contribution in [1.29, 1.82) is 0 Å². The first kappa shape index (κ1) is 22.5. The van der Waals surface area contributed by atoms with E-state index in [-0.39, 0.29) is 5.91 Å². The number of likely N-dealkylation sites (tertiary alicyclic amines) is 1. The molecule has 35 heavy (non-hydrogen) atoms. The van der Waals surface area contributed by atoms with Crippen LogP contribution in [0.5, 0.6) is 0 Å². The van der Waals surface area contributed by atoms with Crippen molar-refractivity contribution in [2.45, 2.75) is 38.0 Å². The maximum Gasteiger partial charge on any atom is 0.236 e. The van der Waals surface area contributed by atoms with Crippen molar-refractivity contribution in [2.75, 3.05) is 45.8 Å².